The highest BCUT2D eigenvalue weighted by molar-refractivity contribution is 5.92. The minimum absolute atomic E-state index is 0.153. The summed E-state index contributed by atoms with van der Waals surface area (Å²) in [4.78, 5) is 17.5. The summed E-state index contributed by atoms with van der Waals surface area (Å²) in [5.74, 6) is -0.0429. The van der Waals surface area contributed by atoms with Gasteiger partial charge in [0.2, 0.25) is 0 Å². The molecule has 24 heavy (non-hydrogen) atoms. The van der Waals surface area contributed by atoms with Gasteiger partial charge in [-0.15, -0.1) is 0 Å². The lowest BCUT2D eigenvalue weighted by Crippen LogP contribution is -2.57. The maximum absolute atomic E-state index is 13.3. The number of hydrogen-bond acceptors (Lipinski definition) is 4. The van der Waals surface area contributed by atoms with E-state index < -0.39 is 24.7 Å². The van der Waals surface area contributed by atoms with E-state index in [0.717, 1.165) is 18.4 Å². The molecular formula is C16H21F3N4O. The van der Waals surface area contributed by atoms with Crippen molar-refractivity contribution in [2.75, 3.05) is 32.7 Å². The Labute approximate surface area is 138 Å². The molecule has 1 aromatic rings. The lowest BCUT2D eigenvalue weighted by atomic mass is 10.1. The van der Waals surface area contributed by atoms with E-state index in [9.17, 15) is 18.0 Å². The van der Waals surface area contributed by atoms with Crippen LogP contribution in [0.2, 0.25) is 0 Å². The molecule has 1 aliphatic carbocycles. The topological polar surface area (TPSA) is 57.3 Å². The zero-order valence-corrected chi connectivity index (χ0v) is 13.3. The molecule has 0 spiro atoms. The van der Waals surface area contributed by atoms with Gasteiger partial charge in [-0.25, -0.2) is 0 Å². The molecule has 0 radical (unpaired) electrons. The first-order chi connectivity index (χ1) is 11.4. The number of rotatable bonds is 5. The van der Waals surface area contributed by atoms with Gasteiger partial charge in [0.15, 0.2) is 0 Å². The Bertz CT molecular complexity index is 566. The van der Waals surface area contributed by atoms with Crippen LogP contribution in [0.15, 0.2) is 18.3 Å². The minimum Gasteiger partial charge on any atom is -0.349 e. The van der Waals surface area contributed by atoms with Crippen LogP contribution < -0.4 is 10.6 Å². The number of halogens is 3. The highest BCUT2D eigenvalue weighted by Gasteiger charge is 2.43. The summed E-state index contributed by atoms with van der Waals surface area (Å²) in [6, 6.07) is 1.74. The van der Waals surface area contributed by atoms with Gasteiger partial charge in [-0.05, 0) is 30.4 Å². The van der Waals surface area contributed by atoms with Gasteiger partial charge in [0.1, 0.15) is 11.7 Å². The second kappa shape index (κ2) is 7.06. The van der Waals surface area contributed by atoms with E-state index in [4.69, 9.17) is 0 Å². The molecule has 0 aromatic carbocycles. The predicted octanol–water partition coefficient (Wildman–Crippen LogP) is 1.52. The van der Waals surface area contributed by atoms with Crippen LogP contribution >= 0.6 is 0 Å². The van der Waals surface area contributed by atoms with Crippen LogP contribution in [0.4, 0.5) is 13.2 Å². The van der Waals surface area contributed by atoms with Crippen LogP contribution in [-0.4, -0.2) is 60.7 Å². The number of hydrogen-bond donors (Lipinski definition) is 2. The van der Waals surface area contributed by atoms with E-state index in [1.54, 1.807) is 12.3 Å². The van der Waals surface area contributed by atoms with Crippen molar-refractivity contribution in [1.29, 1.82) is 0 Å². The van der Waals surface area contributed by atoms with Crippen molar-refractivity contribution in [3.8, 4) is 0 Å². The third-order valence-corrected chi connectivity index (χ3v) is 4.49. The van der Waals surface area contributed by atoms with Crippen LogP contribution in [0.5, 0.6) is 0 Å². The van der Waals surface area contributed by atoms with Gasteiger partial charge in [0.25, 0.3) is 5.91 Å². The van der Waals surface area contributed by atoms with Crippen molar-refractivity contribution in [1.82, 2.24) is 20.5 Å². The largest absolute Gasteiger partial charge is 0.405 e. The van der Waals surface area contributed by atoms with Gasteiger partial charge < -0.3 is 10.6 Å². The van der Waals surface area contributed by atoms with Gasteiger partial charge >= 0.3 is 6.18 Å². The minimum atomic E-state index is -4.38. The average Bonchev–Trinajstić information content (AvgIpc) is 3.40. The summed E-state index contributed by atoms with van der Waals surface area (Å²) < 4.78 is 39.8. The fourth-order valence-corrected chi connectivity index (χ4v) is 2.92. The summed E-state index contributed by atoms with van der Waals surface area (Å²) in [5, 5.41) is 5.41. The number of carbonyl (C=O) groups is 1. The molecule has 2 heterocycles. The molecular weight excluding hydrogens is 321 g/mol. The first kappa shape index (κ1) is 17.2. The summed E-state index contributed by atoms with van der Waals surface area (Å²) in [6.45, 7) is 1.20. The molecule has 1 saturated carbocycles. The summed E-state index contributed by atoms with van der Waals surface area (Å²) in [5.41, 5.74) is 1.24. The van der Waals surface area contributed by atoms with Crippen molar-refractivity contribution >= 4 is 5.91 Å². The van der Waals surface area contributed by atoms with Crippen LogP contribution in [0.25, 0.3) is 0 Å². The molecule has 5 nitrogen and oxygen atoms in total. The van der Waals surface area contributed by atoms with Crippen molar-refractivity contribution in [2.45, 2.75) is 31.0 Å². The van der Waals surface area contributed by atoms with Crippen molar-refractivity contribution in [3.63, 3.8) is 0 Å². The van der Waals surface area contributed by atoms with Crippen molar-refractivity contribution in [3.05, 3.63) is 29.6 Å². The number of pyridine rings is 1. The van der Waals surface area contributed by atoms with Crippen LogP contribution in [0.3, 0.4) is 0 Å². The number of nitrogens with one attached hydrogen (secondary N) is 2. The van der Waals surface area contributed by atoms with Gasteiger partial charge in [0.05, 0.1) is 0 Å². The Balaban J connectivity index is 1.59. The summed E-state index contributed by atoms with van der Waals surface area (Å²) in [6.07, 6.45) is -0.478. The molecule has 0 bridgehead atoms. The summed E-state index contributed by atoms with van der Waals surface area (Å²) in [7, 11) is 0. The lowest BCUT2D eigenvalue weighted by Gasteiger charge is -2.35. The van der Waals surface area contributed by atoms with E-state index in [0.29, 0.717) is 32.1 Å². The van der Waals surface area contributed by atoms with Gasteiger partial charge in [-0.2, -0.15) is 13.2 Å². The maximum atomic E-state index is 13.3. The Morgan fingerprint density at radius 1 is 1.33 bits per heavy atom. The van der Waals surface area contributed by atoms with Crippen LogP contribution in [0.1, 0.15) is 34.8 Å². The third-order valence-electron chi connectivity index (χ3n) is 4.49. The van der Waals surface area contributed by atoms with E-state index >= 15 is 0 Å². The first-order valence-electron chi connectivity index (χ1n) is 8.21. The molecule has 2 aliphatic rings. The lowest BCUT2D eigenvalue weighted by molar-refractivity contribution is -0.183. The highest BCUT2D eigenvalue weighted by Crippen LogP contribution is 2.39. The smallest absolute Gasteiger partial charge is 0.349 e. The normalized spacial score (nSPS) is 20.6. The molecule has 2 fully saturated rings. The Morgan fingerprint density at radius 2 is 2.04 bits per heavy atom. The molecule has 2 N–H and O–H groups in total. The Hall–Kier alpha value is -1.67. The van der Waals surface area contributed by atoms with E-state index in [1.807, 2.05) is 6.07 Å². The molecule has 8 heteroatoms. The molecule has 1 saturated heterocycles. The average molecular weight is 342 g/mol. The SMILES string of the molecule is O=C(NCC(N1CCNCC1)C(F)(F)F)c1ccc(C2CC2)cn1. The molecule has 3 rings (SSSR count). The van der Waals surface area contributed by atoms with Gasteiger partial charge in [-0.3, -0.25) is 14.7 Å². The fraction of sp³-hybridized carbons (Fsp3) is 0.625. The maximum Gasteiger partial charge on any atom is 0.405 e. The van der Waals surface area contributed by atoms with Crippen LogP contribution in [-0.2, 0) is 0 Å². The first-order valence-corrected chi connectivity index (χ1v) is 8.21. The predicted molar refractivity (Wildman–Crippen MR) is 82.8 cm³/mol. The van der Waals surface area contributed by atoms with Crippen molar-refractivity contribution in [2.24, 2.45) is 0 Å². The van der Waals surface area contributed by atoms with Gasteiger partial charge in [0, 0.05) is 38.9 Å². The Morgan fingerprint density at radius 3 is 2.58 bits per heavy atom. The van der Waals surface area contributed by atoms with Gasteiger partial charge in [-0.1, -0.05) is 6.07 Å². The number of amides is 1. The van der Waals surface area contributed by atoms with Crippen molar-refractivity contribution < 1.29 is 18.0 Å². The highest BCUT2D eigenvalue weighted by atomic mass is 19.4. The monoisotopic (exact) mass is 342 g/mol. The van der Waals surface area contributed by atoms with E-state index in [2.05, 4.69) is 15.6 Å². The second-order valence-corrected chi connectivity index (χ2v) is 6.30. The number of nitrogens with zero attached hydrogens (tertiary/aromatic N) is 2. The zero-order chi connectivity index (χ0) is 17.2. The molecule has 1 unspecified atom stereocenters. The van der Waals surface area contributed by atoms with E-state index in [-0.39, 0.29) is 5.69 Å². The van der Waals surface area contributed by atoms with E-state index in [1.165, 1.54) is 4.90 Å². The summed E-state index contributed by atoms with van der Waals surface area (Å²) >= 11 is 0. The number of alkyl halides is 3. The molecule has 1 aliphatic heterocycles. The van der Waals surface area contributed by atoms with Crippen LogP contribution in [0, 0.1) is 0 Å². The fourth-order valence-electron chi connectivity index (χ4n) is 2.92. The quantitative estimate of drug-likeness (QED) is 0.852. The number of carbonyl (C=O) groups excluding carboxylic acids is 1. The zero-order valence-electron chi connectivity index (χ0n) is 13.3. The third kappa shape index (κ3) is 4.24. The number of aromatic nitrogens is 1. The number of piperazine rings is 1. The molecule has 1 aromatic heterocycles. The molecule has 1 atom stereocenters. The molecule has 132 valence electrons. The second-order valence-electron chi connectivity index (χ2n) is 6.30. The Kier molecular flexibility index (Phi) is 5.05. The molecule has 1 amide bonds. The standard InChI is InChI=1S/C16H21F3N4O/c17-16(18,19)14(23-7-5-20-6-8-23)10-22-15(24)13-4-3-12(9-21-13)11-1-2-11/h3-4,9,11,14,20H,1-2,5-8,10H2,(H,22,24).